The lowest BCUT2D eigenvalue weighted by molar-refractivity contribution is -0.120. The van der Waals surface area contributed by atoms with Crippen LogP contribution in [0.1, 0.15) is 44.9 Å². The second-order valence-electron chi connectivity index (χ2n) is 7.03. The highest BCUT2D eigenvalue weighted by Crippen LogP contribution is 2.26. The Labute approximate surface area is 169 Å². The fourth-order valence-corrected chi connectivity index (χ4v) is 5.97. The van der Waals surface area contributed by atoms with Crippen molar-refractivity contribution >= 4 is 33.0 Å². The number of benzene rings is 1. The van der Waals surface area contributed by atoms with Gasteiger partial charge in [0.2, 0.25) is 5.91 Å². The van der Waals surface area contributed by atoms with Gasteiger partial charge in [0.15, 0.2) is 0 Å². The number of hydrogen-bond acceptors (Lipinski definition) is 4. The molecule has 152 valence electrons. The van der Waals surface area contributed by atoms with Crippen molar-refractivity contribution < 1.29 is 17.6 Å². The van der Waals surface area contributed by atoms with Crippen LogP contribution in [0.5, 0.6) is 0 Å². The van der Waals surface area contributed by atoms with E-state index in [1.807, 2.05) is 0 Å². The van der Waals surface area contributed by atoms with Crippen LogP contribution < -0.4 is 9.62 Å². The average Bonchev–Trinajstić information content (AvgIpc) is 3.18. The second kappa shape index (κ2) is 9.52. The highest BCUT2D eigenvalue weighted by atomic mass is 32.2. The van der Waals surface area contributed by atoms with E-state index in [1.54, 1.807) is 11.4 Å². The van der Waals surface area contributed by atoms with Crippen molar-refractivity contribution in [2.24, 2.45) is 0 Å². The molecule has 1 fully saturated rings. The topological polar surface area (TPSA) is 66.5 Å². The van der Waals surface area contributed by atoms with Crippen molar-refractivity contribution in [3.05, 3.63) is 47.6 Å². The number of sulfonamides is 1. The molecule has 5 nitrogen and oxygen atoms in total. The Morgan fingerprint density at radius 2 is 1.71 bits per heavy atom. The molecule has 1 N–H and O–H groups in total. The summed E-state index contributed by atoms with van der Waals surface area (Å²) in [6, 6.07) is 8.37. The van der Waals surface area contributed by atoms with Crippen LogP contribution in [0.4, 0.5) is 10.1 Å². The van der Waals surface area contributed by atoms with Gasteiger partial charge < -0.3 is 5.32 Å². The lowest BCUT2D eigenvalue weighted by Gasteiger charge is -2.26. The summed E-state index contributed by atoms with van der Waals surface area (Å²) in [5, 5.41) is 4.67. The molecule has 0 aliphatic heterocycles. The van der Waals surface area contributed by atoms with Gasteiger partial charge in [0.05, 0.1) is 5.69 Å². The summed E-state index contributed by atoms with van der Waals surface area (Å²) in [7, 11) is -3.90. The van der Waals surface area contributed by atoms with E-state index >= 15 is 0 Å². The average molecular weight is 425 g/mol. The van der Waals surface area contributed by atoms with Gasteiger partial charge in [0.1, 0.15) is 16.6 Å². The largest absolute Gasteiger partial charge is 0.352 e. The lowest BCUT2D eigenvalue weighted by Crippen LogP contribution is -2.44. The second-order valence-corrected chi connectivity index (χ2v) is 10.1. The molecule has 0 radical (unpaired) electrons. The molecule has 1 heterocycles. The molecule has 1 aliphatic rings. The fraction of sp³-hybridized carbons (Fsp3) is 0.450. The summed E-state index contributed by atoms with van der Waals surface area (Å²) in [6.07, 6.45) is 7.54. The highest BCUT2D eigenvalue weighted by Gasteiger charge is 2.28. The predicted molar refractivity (Wildman–Crippen MR) is 110 cm³/mol. The van der Waals surface area contributed by atoms with Crippen molar-refractivity contribution in [1.82, 2.24) is 5.32 Å². The van der Waals surface area contributed by atoms with Crippen molar-refractivity contribution in [2.75, 3.05) is 10.8 Å². The summed E-state index contributed by atoms with van der Waals surface area (Å²) in [5.74, 6) is -0.800. The van der Waals surface area contributed by atoms with Gasteiger partial charge in [0, 0.05) is 6.04 Å². The molecule has 2 aromatic rings. The zero-order valence-electron chi connectivity index (χ0n) is 15.6. The van der Waals surface area contributed by atoms with Crippen molar-refractivity contribution in [1.29, 1.82) is 0 Å². The van der Waals surface area contributed by atoms with Gasteiger partial charge in [-0.2, -0.15) is 0 Å². The summed E-state index contributed by atoms with van der Waals surface area (Å²) in [5.41, 5.74) is 0.266. The molecule has 0 atom stereocenters. The highest BCUT2D eigenvalue weighted by molar-refractivity contribution is 7.94. The zero-order valence-corrected chi connectivity index (χ0v) is 17.3. The van der Waals surface area contributed by atoms with E-state index in [-0.39, 0.29) is 28.4 Å². The van der Waals surface area contributed by atoms with E-state index in [0.717, 1.165) is 41.3 Å². The molecule has 1 aromatic heterocycles. The molecule has 3 rings (SSSR count). The van der Waals surface area contributed by atoms with Gasteiger partial charge >= 0.3 is 0 Å². The number of rotatable bonds is 6. The first-order chi connectivity index (χ1) is 13.5. The maximum Gasteiger partial charge on any atom is 0.274 e. The molecular weight excluding hydrogens is 399 g/mol. The third-order valence-electron chi connectivity index (χ3n) is 4.91. The molecule has 1 aliphatic carbocycles. The first-order valence-electron chi connectivity index (χ1n) is 9.58. The Hall–Kier alpha value is -1.93. The number of nitrogens with zero attached hydrogens (tertiary/aromatic N) is 1. The first-order valence-corrected chi connectivity index (χ1v) is 11.9. The minimum absolute atomic E-state index is 0.0762. The Balaban J connectivity index is 1.79. The molecule has 28 heavy (non-hydrogen) atoms. The van der Waals surface area contributed by atoms with E-state index in [2.05, 4.69) is 5.32 Å². The summed E-state index contributed by atoms with van der Waals surface area (Å²) in [6.45, 7) is -0.331. The lowest BCUT2D eigenvalue weighted by atomic mass is 9.97. The Morgan fingerprint density at radius 3 is 2.32 bits per heavy atom. The fourth-order valence-electron chi connectivity index (χ4n) is 3.45. The van der Waals surface area contributed by atoms with Gasteiger partial charge in [-0.05, 0) is 48.6 Å². The maximum atomic E-state index is 13.3. The van der Waals surface area contributed by atoms with E-state index in [9.17, 15) is 17.6 Å². The van der Waals surface area contributed by atoms with E-state index in [1.165, 1.54) is 49.6 Å². The number of carbonyl (C=O) groups excluding carboxylic acids is 1. The van der Waals surface area contributed by atoms with Gasteiger partial charge in [-0.15, -0.1) is 11.3 Å². The summed E-state index contributed by atoms with van der Waals surface area (Å²) in [4.78, 5) is 12.7. The predicted octanol–water partition coefficient (Wildman–Crippen LogP) is 4.31. The number of thiophene rings is 1. The molecule has 0 unspecified atom stereocenters. The summed E-state index contributed by atoms with van der Waals surface area (Å²) >= 11 is 1.09. The molecule has 8 heteroatoms. The maximum absolute atomic E-state index is 13.3. The molecule has 1 aromatic carbocycles. The number of anilines is 1. The first kappa shape index (κ1) is 20.8. The third-order valence-corrected chi connectivity index (χ3v) is 8.06. The minimum Gasteiger partial charge on any atom is -0.352 e. The number of hydrogen-bond donors (Lipinski definition) is 1. The molecule has 0 spiro atoms. The third kappa shape index (κ3) is 5.32. The van der Waals surface area contributed by atoms with Crippen LogP contribution in [0.2, 0.25) is 0 Å². The molecule has 1 saturated carbocycles. The van der Waals surface area contributed by atoms with Crippen molar-refractivity contribution in [2.45, 2.75) is 55.2 Å². The van der Waals surface area contributed by atoms with Crippen LogP contribution >= 0.6 is 11.3 Å². The smallest absolute Gasteiger partial charge is 0.274 e. The van der Waals surface area contributed by atoms with Gasteiger partial charge in [-0.1, -0.05) is 38.2 Å². The van der Waals surface area contributed by atoms with Crippen LogP contribution in [0, 0.1) is 5.82 Å². The van der Waals surface area contributed by atoms with E-state index < -0.39 is 15.8 Å². The number of amides is 1. The number of carbonyl (C=O) groups is 1. The number of nitrogens with one attached hydrogen (secondary N) is 1. The van der Waals surface area contributed by atoms with E-state index in [4.69, 9.17) is 0 Å². The van der Waals surface area contributed by atoms with Crippen molar-refractivity contribution in [3.8, 4) is 0 Å². The van der Waals surface area contributed by atoms with Crippen LogP contribution in [-0.2, 0) is 14.8 Å². The van der Waals surface area contributed by atoms with E-state index in [0.29, 0.717) is 0 Å². The van der Waals surface area contributed by atoms with Gasteiger partial charge in [-0.25, -0.2) is 12.8 Å². The van der Waals surface area contributed by atoms with Crippen LogP contribution in [0.3, 0.4) is 0 Å². The summed E-state index contributed by atoms with van der Waals surface area (Å²) < 4.78 is 40.7. The molecular formula is C20H25FN2O3S2. The molecule has 0 bridgehead atoms. The Morgan fingerprint density at radius 1 is 1.07 bits per heavy atom. The SMILES string of the molecule is O=C(CN(c1ccc(F)cc1)S(=O)(=O)c1cccs1)NC1CCCCCCC1. The minimum atomic E-state index is -3.90. The monoisotopic (exact) mass is 424 g/mol. The van der Waals surface area contributed by atoms with Crippen LogP contribution in [0.15, 0.2) is 46.0 Å². The molecule has 0 saturated heterocycles. The molecule has 1 amide bonds. The van der Waals surface area contributed by atoms with Gasteiger partial charge in [-0.3, -0.25) is 9.10 Å². The normalized spacial score (nSPS) is 16.2. The van der Waals surface area contributed by atoms with Gasteiger partial charge in [0.25, 0.3) is 10.0 Å². The Kier molecular flexibility index (Phi) is 7.07. The van der Waals surface area contributed by atoms with Crippen molar-refractivity contribution in [3.63, 3.8) is 0 Å². The van der Waals surface area contributed by atoms with Crippen LogP contribution in [-0.4, -0.2) is 26.9 Å². The Bertz CT molecular complexity index is 859. The standard InChI is InChI=1S/C20H25FN2O3S2/c21-16-10-12-18(13-11-16)23(28(25,26)20-9-6-14-27-20)15-19(24)22-17-7-4-2-1-3-5-8-17/h6,9-14,17H,1-5,7-8,15H2,(H,22,24). The zero-order chi connectivity index (χ0) is 20.0. The quantitative estimate of drug-likeness (QED) is 0.751. The van der Waals surface area contributed by atoms with Crippen LogP contribution in [0.25, 0.3) is 0 Å². The number of halogens is 1.